The molecule has 2 heterocycles. The van der Waals surface area contributed by atoms with Crippen LogP contribution in [0.15, 0.2) is 16.3 Å². The van der Waals surface area contributed by atoms with Gasteiger partial charge < -0.3 is 10.1 Å². The van der Waals surface area contributed by atoms with Gasteiger partial charge in [0.05, 0.1) is 6.61 Å². The summed E-state index contributed by atoms with van der Waals surface area (Å²) in [5.41, 5.74) is 0. The number of nitrogens with one attached hydrogen (secondary N) is 2. The Morgan fingerprint density at radius 2 is 2.10 bits per heavy atom. The van der Waals surface area contributed by atoms with Crippen LogP contribution >= 0.6 is 11.3 Å². The van der Waals surface area contributed by atoms with Crippen molar-refractivity contribution in [2.75, 3.05) is 19.8 Å². The number of hydrogen-bond acceptors (Lipinski definition) is 5. The molecule has 20 heavy (non-hydrogen) atoms. The highest BCUT2D eigenvalue weighted by Crippen LogP contribution is 2.23. The van der Waals surface area contributed by atoms with Gasteiger partial charge in [-0.3, -0.25) is 0 Å². The van der Waals surface area contributed by atoms with Crippen molar-refractivity contribution in [3.8, 4) is 0 Å². The van der Waals surface area contributed by atoms with Crippen molar-refractivity contribution in [1.82, 2.24) is 10.0 Å². The molecule has 1 aliphatic carbocycles. The van der Waals surface area contributed by atoms with Gasteiger partial charge in [-0.25, -0.2) is 13.1 Å². The first-order valence-corrected chi connectivity index (χ1v) is 9.35. The first-order valence-electron chi connectivity index (χ1n) is 7.06. The molecule has 1 unspecified atom stereocenters. The van der Waals surface area contributed by atoms with Gasteiger partial charge in [0.1, 0.15) is 4.21 Å². The van der Waals surface area contributed by atoms with Crippen LogP contribution in [-0.2, 0) is 21.2 Å². The Morgan fingerprint density at radius 1 is 1.25 bits per heavy atom. The zero-order chi connectivity index (χ0) is 14.0. The van der Waals surface area contributed by atoms with E-state index in [1.54, 1.807) is 6.07 Å². The first kappa shape index (κ1) is 14.5. The van der Waals surface area contributed by atoms with Gasteiger partial charge in [-0.15, -0.1) is 11.3 Å². The molecule has 0 bridgehead atoms. The van der Waals surface area contributed by atoms with Crippen LogP contribution in [0.25, 0.3) is 0 Å². The van der Waals surface area contributed by atoms with E-state index < -0.39 is 10.0 Å². The highest BCUT2D eigenvalue weighted by atomic mass is 32.2. The first-order chi connectivity index (χ1) is 9.63. The van der Waals surface area contributed by atoms with E-state index in [4.69, 9.17) is 4.74 Å². The molecular formula is C13H20N2O3S2. The largest absolute Gasteiger partial charge is 0.380 e. The lowest BCUT2D eigenvalue weighted by atomic mass is 10.3. The number of sulfonamides is 1. The molecule has 2 fully saturated rings. The summed E-state index contributed by atoms with van der Waals surface area (Å²) in [5, 5.41) is 3.44. The fourth-order valence-corrected chi connectivity index (χ4v) is 4.86. The number of hydrogen-bond donors (Lipinski definition) is 2. The summed E-state index contributed by atoms with van der Waals surface area (Å²) >= 11 is 1.36. The predicted octanol–water partition coefficient (Wildman–Crippen LogP) is 1.11. The molecule has 1 saturated heterocycles. The molecule has 3 rings (SSSR count). The van der Waals surface area contributed by atoms with Crippen molar-refractivity contribution in [2.24, 2.45) is 0 Å². The average Bonchev–Trinajstić information content (AvgIpc) is 2.90. The Kier molecular flexibility index (Phi) is 4.42. The number of rotatable bonds is 7. The Bertz CT molecular complexity index is 546. The second-order valence-electron chi connectivity index (χ2n) is 5.38. The summed E-state index contributed by atoms with van der Waals surface area (Å²) in [6.45, 7) is 2.03. The molecule has 0 amide bonds. The quantitative estimate of drug-likeness (QED) is 0.791. The second-order valence-corrected chi connectivity index (χ2v) is 8.49. The van der Waals surface area contributed by atoms with Crippen LogP contribution in [0.3, 0.4) is 0 Å². The average molecular weight is 316 g/mol. The van der Waals surface area contributed by atoms with Gasteiger partial charge in [0.2, 0.25) is 10.0 Å². The molecule has 1 saturated carbocycles. The lowest BCUT2D eigenvalue weighted by molar-refractivity contribution is 0.192. The highest BCUT2D eigenvalue weighted by Gasteiger charge is 2.25. The third-order valence-electron chi connectivity index (χ3n) is 3.54. The lowest BCUT2D eigenvalue weighted by Crippen LogP contribution is -2.34. The van der Waals surface area contributed by atoms with Crippen LogP contribution in [0.1, 0.15) is 24.1 Å². The van der Waals surface area contributed by atoms with Gasteiger partial charge in [-0.2, -0.15) is 0 Å². The number of thiophene rings is 1. The fourth-order valence-electron chi connectivity index (χ4n) is 2.23. The van der Waals surface area contributed by atoms with Crippen molar-refractivity contribution in [3.05, 3.63) is 17.0 Å². The van der Waals surface area contributed by atoms with Crippen LogP contribution < -0.4 is 10.0 Å². The minimum absolute atomic E-state index is 0.0814. The van der Waals surface area contributed by atoms with Crippen LogP contribution in [0.2, 0.25) is 0 Å². The highest BCUT2D eigenvalue weighted by molar-refractivity contribution is 7.91. The smallest absolute Gasteiger partial charge is 0.250 e. The normalized spacial score (nSPS) is 23.3. The van der Waals surface area contributed by atoms with Crippen LogP contribution in [0.5, 0.6) is 0 Å². The van der Waals surface area contributed by atoms with E-state index >= 15 is 0 Å². The van der Waals surface area contributed by atoms with Gasteiger partial charge >= 0.3 is 0 Å². The standard InChI is InChI=1S/C13H20N2O3S2/c16-20(17,15-11-6-8-18-9-11)13-4-3-12(19-13)5-7-14-10-1-2-10/h3-4,10-11,14-15H,1-2,5-9H2. The molecule has 0 aromatic carbocycles. The molecule has 112 valence electrons. The van der Waals surface area contributed by atoms with Gasteiger partial charge in [0.15, 0.2) is 0 Å². The molecule has 7 heteroatoms. The third-order valence-corrected chi connectivity index (χ3v) is 6.69. The maximum atomic E-state index is 12.2. The van der Waals surface area contributed by atoms with E-state index in [9.17, 15) is 8.42 Å². The van der Waals surface area contributed by atoms with Crippen molar-refractivity contribution in [3.63, 3.8) is 0 Å². The van der Waals surface area contributed by atoms with E-state index in [1.165, 1.54) is 24.2 Å². The van der Waals surface area contributed by atoms with Crippen LogP contribution in [0.4, 0.5) is 0 Å². The molecule has 1 atom stereocenters. The molecule has 1 aliphatic heterocycles. The van der Waals surface area contributed by atoms with Crippen molar-refractivity contribution in [2.45, 2.75) is 42.0 Å². The van der Waals surface area contributed by atoms with Crippen molar-refractivity contribution in [1.29, 1.82) is 0 Å². The SMILES string of the molecule is O=S(=O)(NC1CCOC1)c1ccc(CCNC2CC2)s1. The van der Waals surface area contributed by atoms with Gasteiger partial charge in [-0.05, 0) is 37.8 Å². The Labute approximate surface area is 123 Å². The molecular weight excluding hydrogens is 296 g/mol. The molecule has 0 spiro atoms. The maximum absolute atomic E-state index is 12.2. The van der Waals surface area contributed by atoms with E-state index in [-0.39, 0.29) is 6.04 Å². The Balaban J connectivity index is 1.56. The summed E-state index contributed by atoms with van der Waals surface area (Å²) in [6.07, 6.45) is 4.20. The molecule has 0 radical (unpaired) electrons. The Hall–Kier alpha value is -0.470. The number of ether oxygens (including phenoxy) is 1. The summed E-state index contributed by atoms with van der Waals surface area (Å²) in [5.74, 6) is 0. The molecule has 2 N–H and O–H groups in total. The molecule has 1 aromatic rings. The van der Waals surface area contributed by atoms with E-state index in [0.29, 0.717) is 23.5 Å². The monoisotopic (exact) mass is 316 g/mol. The minimum Gasteiger partial charge on any atom is -0.380 e. The van der Waals surface area contributed by atoms with Gasteiger partial charge in [-0.1, -0.05) is 0 Å². The van der Waals surface area contributed by atoms with Crippen LogP contribution in [-0.4, -0.2) is 40.3 Å². The predicted molar refractivity (Wildman–Crippen MR) is 78.6 cm³/mol. The topological polar surface area (TPSA) is 67.4 Å². The minimum atomic E-state index is -3.38. The summed E-state index contributed by atoms with van der Waals surface area (Å²) in [4.78, 5) is 1.11. The summed E-state index contributed by atoms with van der Waals surface area (Å²) < 4.78 is 32.8. The lowest BCUT2D eigenvalue weighted by Gasteiger charge is -2.09. The molecule has 1 aromatic heterocycles. The Morgan fingerprint density at radius 3 is 2.80 bits per heavy atom. The fraction of sp³-hybridized carbons (Fsp3) is 0.692. The maximum Gasteiger partial charge on any atom is 0.250 e. The summed E-state index contributed by atoms with van der Waals surface area (Å²) in [6, 6.07) is 4.23. The zero-order valence-electron chi connectivity index (χ0n) is 11.3. The van der Waals surface area contributed by atoms with Crippen LogP contribution in [0, 0.1) is 0 Å². The van der Waals surface area contributed by atoms with Crippen molar-refractivity contribution < 1.29 is 13.2 Å². The van der Waals surface area contributed by atoms with Gasteiger partial charge in [0.25, 0.3) is 0 Å². The van der Waals surface area contributed by atoms with E-state index in [0.717, 1.165) is 24.3 Å². The van der Waals surface area contributed by atoms with Gasteiger partial charge in [0, 0.05) is 30.1 Å². The van der Waals surface area contributed by atoms with E-state index in [1.807, 2.05) is 6.07 Å². The zero-order valence-corrected chi connectivity index (χ0v) is 12.9. The third kappa shape index (κ3) is 3.79. The molecule has 5 nitrogen and oxygen atoms in total. The second kappa shape index (κ2) is 6.11. The van der Waals surface area contributed by atoms with E-state index in [2.05, 4.69) is 10.0 Å². The summed E-state index contributed by atoms with van der Waals surface area (Å²) in [7, 11) is -3.38. The molecule has 2 aliphatic rings. The van der Waals surface area contributed by atoms with Crippen molar-refractivity contribution >= 4 is 21.4 Å².